The van der Waals surface area contributed by atoms with Crippen LogP contribution in [-0.4, -0.2) is 11.7 Å². The summed E-state index contributed by atoms with van der Waals surface area (Å²) >= 11 is 0. The molecule has 0 aliphatic carbocycles. The quantitative estimate of drug-likeness (QED) is 0.405. The fourth-order valence-corrected chi connectivity index (χ4v) is 1.84. The molecule has 0 heterocycles. The summed E-state index contributed by atoms with van der Waals surface area (Å²) in [6, 6.07) is 0. The lowest BCUT2D eigenvalue weighted by atomic mass is 10.1. The predicted octanol–water partition coefficient (Wildman–Crippen LogP) is 6.15. The van der Waals surface area contributed by atoms with E-state index >= 15 is 0 Å². The Morgan fingerprint density at radius 1 is 0.682 bits per heavy atom. The third-order valence-electron chi connectivity index (χ3n) is 3.30. The minimum atomic E-state index is 0.296. The van der Waals surface area contributed by atoms with Gasteiger partial charge >= 0.3 is 0 Å². The van der Waals surface area contributed by atoms with Crippen LogP contribution in [-0.2, 0) is 0 Å². The van der Waals surface area contributed by atoms with Crippen molar-refractivity contribution in [3.63, 3.8) is 0 Å². The maximum Gasteiger partial charge on any atom is 0.0456 e. The molecule has 0 aliphatic rings. The van der Waals surface area contributed by atoms with Crippen molar-refractivity contribution in [1.29, 1.82) is 0 Å². The van der Waals surface area contributed by atoms with E-state index in [0.717, 1.165) is 44.9 Å². The Balaban J connectivity index is 3.48. The molecular weight excluding hydrogens is 268 g/mol. The molecule has 1 N–H and O–H groups in total. The van der Waals surface area contributed by atoms with E-state index in [1.165, 1.54) is 0 Å². The van der Waals surface area contributed by atoms with Crippen LogP contribution >= 0.6 is 0 Å². The van der Waals surface area contributed by atoms with Gasteiger partial charge in [0, 0.05) is 6.61 Å². The molecule has 1 unspecified atom stereocenters. The molecular formula is C21H34O. The van der Waals surface area contributed by atoms with E-state index in [1.807, 2.05) is 0 Å². The second-order valence-electron chi connectivity index (χ2n) is 5.57. The lowest BCUT2D eigenvalue weighted by Crippen LogP contribution is -1.98. The van der Waals surface area contributed by atoms with Crippen LogP contribution in [0.3, 0.4) is 0 Å². The monoisotopic (exact) mass is 302 g/mol. The Bertz CT molecular complexity index is 358. The summed E-state index contributed by atoms with van der Waals surface area (Å²) in [5, 5.41) is 8.91. The van der Waals surface area contributed by atoms with Crippen LogP contribution in [0.4, 0.5) is 0 Å². The van der Waals surface area contributed by atoms with Crippen LogP contribution in [0.15, 0.2) is 60.8 Å². The van der Waals surface area contributed by atoms with Gasteiger partial charge in [-0.15, -0.1) is 0 Å². The lowest BCUT2D eigenvalue weighted by Gasteiger charge is -2.03. The molecule has 0 saturated heterocycles. The van der Waals surface area contributed by atoms with Gasteiger partial charge in [0.2, 0.25) is 0 Å². The van der Waals surface area contributed by atoms with Crippen LogP contribution in [0.5, 0.6) is 0 Å². The molecule has 1 heteroatoms. The standard InChI is InChI=1S/C21H34O/c1-3-4-5-6-7-8-9-10-11-12-13-14-15-16-17-18-19-21(2)20-22/h4-5,7-8,10-11,13-14,16-17,21-22H,3,6,9,12,15,18-20H2,1-2H3. The molecule has 1 nitrogen and oxygen atoms in total. The van der Waals surface area contributed by atoms with Crippen molar-refractivity contribution in [1.82, 2.24) is 0 Å². The van der Waals surface area contributed by atoms with Crippen molar-refractivity contribution in [3.8, 4) is 0 Å². The molecule has 0 aromatic rings. The van der Waals surface area contributed by atoms with Crippen LogP contribution < -0.4 is 0 Å². The summed E-state index contributed by atoms with van der Waals surface area (Å²) in [6.45, 7) is 4.53. The van der Waals surface area contributed by atoms with Crippen LogP contribution in [0.2, 0.25) is 0 Å². The Labute approximate surface area is 137 Å². The Hall–Kier alpha value is -1.34. The Morgan fingerprint density at radius 2 is 1.09 bits per heavy atom. The largest absolute Gasteiger partial charge is 0.396 e. The van der Waals surface area contributed by atoms with E-state index in [1.54, 1.807) is 0 Å². The molecule has 0 aromatic carbocycles. The Kier molecular flexibility index (Phi) is 16.6. The number of hydrogen-bond acceptors (Lipinski definition) is 1. The first-order valence-corrected chi connectivity index (χ1v) is 8.67. The second-order valence-corrected chi connectivity index (χ2v) is 5.57. The fraction of sp³-hybridized carbons (Fsp3) is 0.524. The maximum absolute atomic E-state index is 8.91. The zero-order valence-corrected chi connectivity index (χ0v) is 14.5. The highest BCUT2D eigenvalue weighted by atomic mass is 16.3. The summed E-state index contributed by atoms with van der Waals surface area (Å²) in [6.07, 6.45) is 29.5. The normalized spacial score (nSPS) is 14.5. The Morgan fingerprint density at radius 3 is 1.50 bits per heavy atom. The van der Waals surface area contributed by atoms with Gasteiger partial charge in [-0.2, -0.15) is 0 Å². The minimum Gasteiger partial charge on any atom is -0.396 e. The van der Waals surface area contributed by atoms with Gasteiger partial charge in [0.1, 0.15) is 0 Å². The van der Waals surface area contributed by atoms with Gasteiger partial charge in [-0.25, -0.2) is 0 Å². The van der Waals surface area contributed by atoms with Gasteiger partial charge in [0.15, 0.2) is 0 Å². The first-order chi connectivity index (χ1) is 10.8. The van der Waals surface area contributed by atoms with E-state index in [0.29, 0.717) is 12.5 Å². The molecule has 0 amide bonds. The van der Waals surface area contributed by atoms with Crippen molar-refractivity contribution in [2.45, 2.75) is 58.8 Å². The summed E-state index contributed by atoms with van der Waals surface area (Å²) in [7, 11) is 0. The van der Waals surface area contributed by atoms with E-state index in [-0.39, 0.29) is 0 Å². The summed E-state index contributed by atoms with van der Waals surface area (Å²) in [4.78, 5) is 0. The van der Waals surface area contributed by atoms with Crippen LogP contribution in [0.25, 0.3) is 0 Å². The van der Waals surface area contributed by atoms with Gasteiger partial charge in [-0.05, 0) is 50.9 Å². The van der Waals surface area contributed by atoms with E-state index < -0.39 is 0 Å². The first kappa shape index (κ1) is 20.7. The van der Waals surface area contributed by atoms with Crippen molar-refractivity contribution in [2.24, 2.45) is 5.92 Å². The number of rotatable bonds is 13. The molecule has 0 spiro atoms. The third kappa shape index (κ3) is 16.7. The number of aliphatic hydroxyl groups excluding tert-OH is 1. The summed E-state index contributed by atoms with van der Waals surface area (Å²) in [5.41, 5.74) is 0. The molecule has 1 atom stereocenters. The molecule has 0 saturated carbocycles. The molecule has 0 rings (SSSR count). The second kappa shape index (κ2) is 17.7. The smallest absolute Gasteiger partial charge is 0.0456 e. The molecule has 0 aliphatic heterocycles. The highest BCUT2D eigenvalue weighted by Gasteiger charge is 1.95. The van der Waals surface area contributed by atoms with Crippen molar-refractivity contribution >= 4 is 0 Å². The van der Waals surface area contributed by atoms with Gasteiger partial charge in [0.05, 0.1) is 0 Å². The molecule has 0 radical (unpaired) electrons. The molecule has 22 heavy (non-hydrogen) atoms. The van der Waals surface area contributed by atoms with Crippen molar-refractivity contribution in [2.75, 3.05) is 6.61 Å². The van der Waals surface area contributed by atoms with E-state index in [2.05, 4.69) is 74.6 Å². The zero-order valence-electron chi connectivity index (χ0n) is 14.5. The first-order valence-electron chi connectivity index (χ1n) is 8.67. The van der Waals surface area contributed by atoms with Crippen molar-refractivity contribution < 1.29 is 5.11 Å². The average molecular weight is 303 g/mol. The predicted molar refractivity (Wildman–Crippen MR) is 99.9 cm³/mol. The minimum absolute atomic E-state index is 0.296. The topological polar surface area (TPSA) is 20.2 Å². The number of allylic oxidation sites excluding steroid dienone is 10. The molecule has 0 bridgehead atoms. The van der Waals surface area contributed by atoms with Gasteiger partial charge in [-0.3, -0.25) is 0 Å². The zero-order chi connectivity index (χ0) is 16.3. The van der Waals surface area contributed by atoms with E-state index in [9.17, 15) is 0 Å². The number of aliphatic hydroxyl groups is 1. The summed E-state index contributed by atoms with van der Waals surface area (Å²) < 4.78 is 0. The van der Waals surface area contributed by atoms with Gasteiger partial charge in [0.25, 0.3) is 0 Å². The number of hydrogen-bond donors (Lipinski definition) is 1. The SMILES string of the molecule is CCC=CCC=CCC=CCC=CCC=CCCC(C)CO. The average Bonchev–Trinajstić information content (AvgIpc) is 2.54. The molecule has 124 valence electrons. The van der Waals surface area contributed by atoms with Crippen LogP contribution in [0.1, 0.15) is 58.8 Å². The maximum atomic E-state index is 8.91. The third-order valence-corrected chi connectivity index (χ3v) is 3.30. The highest BCUT2D eigenvalue weighted by Crippen LogP contribution is 2.05. The van der Waals surface area contributed by atoms with E-state index in [4.69, 9.17) is 5.11 Å². The van der Waals surface area contributed by atoms with Crippen LogP contribution in [0, 0.1) is 5.92 Å². The van der Waals surface area contributed by atoms with Crippen molar-refractivity contribution in [3.05, 3.63) is 60.8 Å². The molecule has 0 fully saturated rings. The summed E-state index contributed by atoms with van der Waals surface area (Å²) in [5.74, 6) is 0.419. The van der Waals surface area contributed by atoms with Gasteiger partial charge in [-0.1, -0.05) is 74.6 Å². The van der Waals surface area contributed by atoms with Gasteiger partial charge < -0.3 is 5.11 Å². The molecule has 0 aromatic heterocycles. The fourth-order valence-electron chi connectivity index (χ4n) is 1.84. The lowest BCUT2D eigenvalue weighted by molar-refractivity contribution is 0.231. The highest BCUT2D eigenvalue weighted by molar-refractivity contribution is 5.00.